The minimum atomic E-state index is 0. The van der Waals surface area contributed by atoms with Gasteiger partial charge in [-0.05, 0) is 65.1 Å². The molecular weight excluding hydrogens is 321 g/mol. The highest BCUT2D eigenvalue weighted by Gasteiger charge is 2.28. The molecule has 0 aromatic heterocycles. The van der Waals surface area contributed by atoms with Crippen LogP contribution in [0.1, 0.15) is 45.4 Å². The third-order valence-electron chi connectivity index (χ3n) is 5.35. The maximum Gasteiger partial charge on any atom is 0.222 e. The van der Waals surface area contributed by atoms with Gasteiger partial charge in [0, 0.05) is 32.1 Å². The zero-order valence-electron chi connectivity index (χ0n) is 14.2. The summed E-state index contributed by atoms with van der Waals surface area (Å²) in [7, 11) is 4.19. The molecule has 2 fully saturated rings. The second-order valence-corrected chi connectivity index (χ2v) is 6.74. The predicted molar refractivity (Wildman–Crippen MR) is 97.2 cm³/mol. The van der Waals surface area contributed by atoms with E-state index in [4.69, 9.17) is 0 Å². The number of halogens is 2. The summed E-state index contributed by atoms with van der Waals surface area (Å²) < 4.78 is 0. The molecule has 2 atom stereocenters. The van der Waals surface area contributed by atoms with Gasteiger partial charge in [0.2, 0.25) is 5.91 Å². The molecule has 2 saturated heterocycles. The molecule has 2 unspecified atom stereocenters. The third-order valence-corrected chi connectivity index (χ3v) is 5.35. The molecule has 0 radical (unpaired) electrons. The first-order chi connectivity index (χ1) is 9.58. The van der Waals surface area contributed by atoms with Crippen molar-refractivity contribution in [2.45, 2.75) is 57.5 Å². The Labute approximate surface area is 148 Å². The average molecular weight is 354 g/mol. The van der Waals surface area contributed by atoms with E-state index < -0.39 is 0 Å². The van der Waals surface area contributed by atoms with Gasteiger partial charge in [0.25, 0.3) is 0 Å². The van der Waals surface area contributed by atoms with Gasteiger partial charge in [-0.2, -0.15) is 0 Å². The molecular formula is C16H33Cl2N3O. The molecule has 132 valence electrons. The summed E-state index contributed by atoms with van der Waals surface area (Å²) in [5.74, 6) is 1.11. The van der Waals surface area contributed by atoms with Crippen molar-refractivity contribution in [1.82, 2.24) is 15.1 Å². The number of hydrogen-bond acceptors (Lipinski definition) is 3. The molecule has 1 amide bonds. The normalized spacial score (nSPS) is 26.7. The molecule has 0 aromatic rings. The van der Waals surface area contributed by atoms with E-state index in [1.165, 1.54) is 12.8 Å². The fourth-order valence-corrected chi connectivity index (χ4v) is 3.49. The highest BCUT2D eigenvalue weighted by molar-refractivity contribution is 5.85. The molecule has 0 bridgehead atoms. The molecule has 2 aliphatic heterocycles. The summed E-state index contributed by atoms with van der Waals surface area (Å²) in [4.78, 5) is 16.8. The van der Waals surface area contributed by atoms with Crippen molar-refractivity contribution in [3.63, 3.8) is 0 Å². The Bertz CT molecular complexity index is 325. The minimum absolute atomic E-state index is 0. The van der Waals surface area contributed by atoms with Crippen LogP contribution < -0.4 is 5.32 Å². The van der Waals surface area contributed by atoms with Crippen LogP contribution in [-0.2, 0) is 4.79 Å². The Morgan fingerprint density at radius 1 is 1.23 bits per heavy atom. The molecule has 22 heavy (non-hydrogen) atoms. The number of carbonyl (C=O) groups is 1. The SMILES string of the molecule is CC1CC(N(C)C(=O)CCC2CCNCC2)CCN1C.Cl.Cl. The van der Waals surface area contributed by atoms with E-state index in [0.717, 1.165) is 51.2 Å². The van der Waals surface area contributed by atoms with Crippen LogP contribution in [-0.4, -0.2) is 61.5 Å². The van der Waals surface area contributed by atoms with Crippen molar-refractivity contribution in [3.05, 3.63) is 0 Å². The van der Waals surface area contributed by atoms with Crippen molar-refractivity contribution < 1.29 is 4.79 Å². The van der Waals surface area contributed by atoms with Crippen molar-refractivity contribution in [2.24, 2.45) is 5.92 Å². The van der Waals surface area contributed by atoms with Crippen LogP contribution >= 0.6 is 24.8 Å². The van der Waals surface area contributed by atoms with Crippen molar-refractivity contribution in [3.8, 4) is 0 Å². The van der Waals surface area contributed by atoms with Crippen LogP contribution in [0.4, 0.5) is 0 Å². The maximum atomic E-state index is 12.4. The summed E-state index contributed by atoms with van der Waals surface area (Å²) >= 11 is 0. The molecule has 2 heterocycles. The largest absolute Gasteiger partial charge is 0.343 e. The van der Waals surface area contributed by atoms with E-state index in [2.05, 4.69) is 24.2 Å². The van der Waals surface area contributed by atoms with Crippen LogP contribution in [0, 0.1) is 5.92 Å². The minimum Gasteiger partial charge on any atom is -0.343 e. The fraction of sp³-hybridized carbons (Fsp3) is 0.938. The maximum absolute atomic E-state index is 12.4. The first-order valence-corrected chi connectivity index (χ1v) is 8.24. The molecule has 0 aliphatic carbocycles. The van der Waals surface area contributed by atoms with E-state index >= 15 is 0 Å². The van der Waals surface area contributed by atoms with E-state index in [1.54, 1.807) is 0 Å². The van der Waals surface area contributed by atoms with Crippen LogP contribution in [0.3, 0.4) is 0 Å². The number of piperidine rings is 2. The summed E-state index contributed by atoms with van der Waals surface area (Å²) in [5.41, 5.74) is 0. The van der Waals surface area contributed by atoms with Crippen LogP contribution in [0.5, 0.6) is 0 Å². The molecule has 6 heteroatoms. The summed E-state index contributed by atoms with van der Waals surface area (Å²) in [6, 6.07) is 1.04. The second-order valence-electron chi connectivity index (χ2n) is 6.74. The first kappa shape index (κ1) is 22.0. The Morgan fingerprint density at radius 2 is 1.86 bits per heavy atom. The van der Waals surface area contributed by atoms with Gasteiger partial charge in [0.05, 0.1) is 0 Å². The van der Waals surface area contributed by atoms with Crippen molar-refractivity contribution in [2.75, 3.05) is 33.7 Å². The van der Waals surface area contributed by atoms with Crippen LogP contribution in [0.15, 0.2) is 0 Å². The van der Waals surface area contributed by atoms with Gasteiger partial charge in [0.1, 0.15) is 0 Å². The standard InChI is InChI=1S/C16H31N3O.2ClH/c1-13-12-15(8-11-18(13)2)19(3)16(20)5-4-14-6-9-17-10-7-14;;/h13-15,17H,4-12H2,1-3H3;2*1H. The topological polar surface area (TPSA) is 35.6 Å². The summed E-state index contributed by atoms with van der Waals surface area (Å²) in [6.45, 7) is 5.62. The van der Waals surface area contributed by atoms with E-state index in [-0.39, 0.29) is 24.8 Å². The zero-order valence-corrected chi connectivity index (χ0v) is 15.8. The number of likely N-dealkylation sites (tertiary alicyclic amines) is 1. The fourth-order valence-electron chi connectivity index (χ4n) is 3.49. The summed E-state index contributed by atoms with van der Waals surface area (Å²) in [6.07, 6.45) is 6.53. The average Bonchev–Trinajstić information content (AvgIpc) is 2.48. The lowest BCUT2D eigenvalue weighted by Gasteiger charge is -2.39. The van der Waals surface area contributed by atoms with Gasteiger partial charge in [-0.25, -0.2) is 0 Å². The number of nitrogens with zero attached hydrogens (tertiary/aromatic N) is 2. The zero-order chi connectivity index (χ0) is 14.5. The first-order valence-electron chi connectivity index (χ1n) is 8.24. The Balaban J connectivity index is 0.00000220. The lowest BCUT2D eigenvalue weighted by atomic mass is 9.92. The van der Waals surface area contributed by atoms with Crippen LogP contribution in [0.25, 0.3) is 0 Å². The van der Waals surface area contributed by atoms with Gasteiger partial charge in [-0.1, -0.05) is 0 Å². The highest BCUT2D eigenvalue weighted by Crippen LogP contribution is 2.22. The van der Waals surface area contributed by atoms with E-state index in [1.807, 2.05) is 11.9 Å². The molecule has 4 nitrogen and oxygen atoms in total. The molecule has 0 aromatic carbocycles. The second kappa shape index (κ2) is 10.7. The van der Waals surface area contributed by atoms with E-state index in [0.29, 0.717) is 18.0 Å². The molecule has 0 spiro atoms. The van der Waals surface area contributed by atoms with Crippen LogP contribution in [0.2, 0.25) is 0 Å². The Hall–Kier alpha value is -0.0300. The summed E-state index contributed by atoms with van der Waals surface area (Å²) in [5, 5.41) is 3.39. The molecule has 1 N–H and O–H groups in total. The van der Waals surface area contributed by atoms with Crippen molar-refractivity contribution in [1.29, 1.82) is 0 Å². The number of amides is 1. The lowest BCUT2D eigenvalue weighted by Crippen LogP contribution is -2.48. The van der Waals surface area contributed by atoms with Crippen molar-refractivity contribution >= 4 is 30.7 Å². The smallest absolute Gasteiger partial charge is 0.222 e. The predicted octanol–water partition coefficient (Wildman–Crippen LogP) is 2.55. The number of carbonyl (C=O) groups excluding carboxylic acids is 1. The van der Waals surface area contributed by atoms with Gasteiger partial charge in [-0.3, -0.25) is 4.79 Å². The Kier molecular flexibility index (Phi) is 10.7. The number of hydrogen-bond donors (Lipinski definition) is 1. The van der Waals surface area contributed by atoms with E-state index in [9.17, 15) is 4.79 Å². The molecule has 2 rings (SSSR count). The van der Waals surface area contributed by atoms with Gasteiger partial charge in [-0.15, -0.1) is 24.8 Å². The molecule has 0 saturated carbocycles. The monoisotopic (exact) mass is 353 g/mol. The van der Waals surface area contributed by atoms with Gasteiger partial charge < -0.3 is 15.1 Å². The Morgan fingerprint density at radius 3 is 2.45 bits per heavy atom. The third kappa shape index (κ3) is 6.23. The number of rotatable bonds is 4. The quantitative estimate of drug-likeness (QED) is 0.843. The number of nitrogens with one attached hydrogen (secondary N) is 1. The highest BCUT2D eigenvalue weighted by atomic mass is 35.5. The van der Waals surface area contributed by atoms with Gasteiger partial charge in [0.15, 0.2) is 0 Å². The van der Waals surface area contributed by atoms with Gasteiger partial charge >= 0.3 is 0 Å². The lowest BCUT2D eigenvalue weighted by molar-refractivity contribution is -0.133. The molecule has 2 aliphatic rings.